The number of hydrogen-bond acceptors (Lipinski definition) is 4. The number of carbonyl (C=O) groups excluding carboxylic acids is 1. The minimum atomic E-state index is -0.567. The van der Waals surface area contributed by atoms with Crippen molar-refractivity contribution in [3.05, 3.63) is 42.2 Å². The van der Waals surface area contributed by atoms with Crippen LogP contribution in [0.15, 0.2) is 36.5 Å². The fourth-order valence-electron chi connectivity index (χ4n) is 1.58. The summed E-state index contributed by atoms with van der Waals surface area (Å²) in [5.41, 5.74) is 1.01. The van der Waals surface area contributed by atoms with Gasteiger partial charge in [-0.15, -0.1) is 5.10 Å². The summed E-state index contributed by atoms with van der Waals surface area (Å²) in [5.74, 6) is -0.248. The van der Waals surface area contributed by atoms with Crippen molar-refractivity contribution in [2.24, 2.45) is 5.92 Å². The Morgan fingerprint density at radius 3 is 2.70 bits per heavy atom. The summed E-state index contributed by atoms with van der Waals surface area (Å²) in [5, 5.41) is 20.5. The molecule has 1 heterocycles. The molecule has 0 aliphatic rings. The third kappa shape index (κ3) is 3.42. The topological polar surface area (TPSA) is 80.0 Å². The Hall–Kier alpha value is -2.21. The van der Waals surface area contributed by atoms with Crippen LogP contribution < -0.4 is 5.32 Å². The smallest absolute Gasteiger partial charge is 0.273 e. The molecule has 1 atom stereocenters. The molecule has 0 radical (unpaired) electrons. The highest BCUT2D eigenvalue weighted by atomic mass is 16.3. The maximum absolute atomic E-state index is 11.9. The highest BCUT2D eigenvalue weighted by Crippen LogP contribution is 2.04. The van der Waals surface area contributed by atoms with Crippen LogP contribution in [0.5, 0.6) is 0 Å². The molecule has 1 aromatic carbocycles. The third-order valence-corrected chi connectivity index (χ3v) is 2.95. The Morgan fingerprint density at radius 1 is 1.35 bits per heavy atom. The SMILES string of the molecule is CC(C)C(O)CNC(=O)c1cnn(-c2ccccc2)n1. The monoisotopic (exact) mass is 274 g/mol. The number of aromatic nitrogens is 3. The van der Waals surface area contributed by atoms with Gasteiger partial charge in [0, 0.05) is 6.54 Å². The van der Waals surface area contributed by atoms with Crippen LogP contribution in [0.3, 0.4) is 0 Å². The summed E-state index contributed by atoms with van der Waals surface area (Å²) in [6, 6.07) is 9.34. The van der Waals surface area contributed by atoms with Crippen molar-refractivity contribution in [3.8, 4) is 5.69 Å². The molecule has 6 nitrogen and oxygen atoms in total. The van der Waals surface area contributed by atoms with Crippen LogP contribution in [-0.4, -0.2) is 38.7 Å². The van der Waals surface area contributed by atoms with Crippen molar-refractivity contribution in [1.82, 2.24) is 20.3 Å². The van der Waals surface area contributed by atoms with Crippen LogP contribution in [0.4, 0.5) is 0 Å². The molecule has 2 aromatic rings. The number of carbonyl (C=O) groups is 1. The first-order chi connectivity index (χ1) is 9.58. The van der Waals surface area contributed by atoms with Crippen LogP contribution in [0, 0.1) is 5.92 Å². The van der Waals surface area contributed by atoms with Gasteiger partial charge in [-0.25, -0.2) is 0 Å². The van der Waals surface area contributed by atoms with E-state index >= 15 is 0 Å². The van der Waals surface area contributed by atoms with Gasteiger partial charge < -0.3 is 10.4 Å². The first kappa shape index (κ1) is 14.2. The van der Waals surface area contributed by atoms with Gasteiger partial charge in [-0.1, -0.05) is 32.0 Å². The van der Waals surface area contributed by atoms with Crippen molar-refractivity contribution in [2.75, 3.05) is 6.54 Å². The van der Waals surface area contributed by atoms with Crippen LogP contribution in [0.2, 0.25) is 0 Å². The van der Waals surface area contributed by atoms with Gasteiger partial charge in [-0.2, -0.15) is 9.90 Å². The van der Waals surface area contributed by atoms with Crippen LogP contribution in [0.25, 0.3) is 5.69 Å². The minimum absolute atomic E-state index is 0.0929. The van der Waals surface area contributed by atoms with Gasteiger partial charge in [-0.3, -0.25) is 4.79 Å². The number of amides is 1. The predicted octanol–water partition coefficient (Wildman–Crippen LogP) is 1.01. The van der Waals surface area contributed by atoms with E-state index in [-0.39, 0.29) is 24.1 Å². The molecule has 6 heteroatoms. The minimum Gasteiger partial charge on any atom is -0.391 e. The lowest BCUT2D eigenvalue weighted by molar-refractivity contribution is 0.0866. The number of nitrogens with zero attached hydrogens (tertiary/aromatic N) is 3. The number of para-hydroxylation sites is 1. The number of rotatable bonds is 5. The van der Waals surface area contributed by atoms with Gasteiger partial charge in [-0.05, 0) is 18.1 Å². The standard InChI is InChI=1S/C14H18N4O2/c1-10(2)13(19)9-15-14(20)12-8-16-18(17-12)11-6-4-3-5-7-11/h3-8,10,13,19H,9H2,1-2H3,(H,15,20). The lowest BCUT2D eigenvalue weighted by Gasteiger charge is -2.14. The van der Waals surface area contributed by atoms with E-state index < -0.39 is 6.10 Å². The number of nitrogens with one attached hydrogen (secondary N) is 1. The first-order valence-corrected chi connectivity index (χ1v) is 6.52. The van der Waals surface area contributed by atoms with E-state index in [2.05, 4.69) is 15.5 Å². The summed E-state index contributed by atoms with van der Waals surface area (Å²) in [7, 11) is 0. The average Bonchev–Trinajstić information content (AvgIpc) is 2.95. The molecular formula is C14H18N4O2. The van der Waals surface area contributed by atoms with E-state index in [9.17, 15) is 9.90 Å². The van der Waals surface area contributed by atoms with Gasteiger partial charge in [0.15, 0.2) is 5.69 Å². The zero-order valence-corrected chi connectivity index (χ0v) is 11.5. The number of aliphatic hydroxyl groups is 1. The lowest BCUT2D eigenvalue weighted by Crippen LogP contribution is -2.34. The summed E-state index contributed by atoms with van der Waals surface area (Å²) < 4.78 is 0. The van der Waals surface area contributed by atoms with Crippen molar-refractivity contribution in [2.45, 2.75) is 20.0 Å². The molecule has 0 aliphatic carbocycles. The van der Waals surface area contributed by atoms with Crippen molar-refractivity contribution < 1.29 is 9.90 Å². The summed E-state index contributed by atoms with van der Waals surface area (Å²) in [6.45, 7) is 3.99. The lowest BCUT2D eigenvalue weighted by atomic mass is 10.1. The Kier molecular flexibility index (Phi) is 4.47. The van der Waals surface area contributed by atoms with E-state index in [1.807, 2.05) is 44.2 Å². The molecule has 2 N–H and O–H groups in total. The quantitative estimate of drug-likeness (QED) is 0.853. The van der Waals surface area contributed by atoms with Crippen molar-refractivity contribution in [3.63, 3.8) is 0 Å². The second kappa shape index (κ2) is 6.29. The number of benzene rings is 1. The number of aliphatic hydroxyl groups excluding tert-OH is 1. The first-order valence-electron chi connectivity index (χ1n) is 6.52. The highest BCUT2D eigenvalue weighted by molar-refractivity contribution is 5.91. The zero-order valence-electron chi connectivity index (χ0n) is 11.5. The normalized spacial score (nSPS) is 12.4. The van der Waals surface area contributed by atoms with E-state index in [1.54, 1.807) is 0 Å². The van der Waals surface area contributed by atoms with Crippen LogP contribution in [0.1, 0.15) is 24.3 Å². The molecular weight excluding hydrogens is 256 g/mol. The average molecular weight is 274 g/mol. The van der Waals surface area contributed by atoms with Gasteiger partial charge in [0.2, 0.25) is 0 Å². The molecule has 0 saturated carbocycles. The van der Waals surface area contributed by atoms with E-state index in [4.69, 9.17) is 0 Å². The molecule has 20 heavy (non-hydrogen) atoms. The van der Waals surface area contributed by atoms with E-state index in [0.717, 1.165) is 5.69 Å². The van der Waals surface area contributed by atoms with Gasteiger partial charge in [0.25, 0.3) is 5.91 Å². The Balaban J connectivity index is 2.00. The molecule has 2 rings (SSSR count). The zero-order chi connectivity index (χ0) is 14.5. The molecule has 1 amide bonds. The van der Waals surface area contributed by atoms with Gasteiger partial charge in [0.1, 0.15) is 0 Å². The maximum atomic E-state index is 11.9. The molecule has 0 saturated heterocycles. The summed E-state index contributed by atoms with van der Waals surface area (Å²) in [4.78, 5) is 13.3. The summed E-state index contributed by atoms with van der Waals surface area (Å²) >= 11 is 0. The Labute approximate surface area is 117 Å². The van der Waals surface area contributed by atoms with Crippen molar-refractivity contribution in [1.29, 1.82) is 0 Å². The molecule has 0 bridgehead atoms. The second-order valence-electron chi connectivity index (χ2n) is 4.88. The predicted molar refractivity (Wildman–Crippen MR) is 74.5 cm³/mol. The summed E-state index contributed by atoms with van der Waals surface area (Å²) in [6.07, 6.45) is 0.840. The molecule has 0 spiro atoms. The Morgan fingerprint density at radius 2 is 2.05 bits per heavy atom. The fourth-order valence-corrected chi connectivity index (χ4v) is 1.58. The molecule has 0 aliphatic heterocycles. The fraction of sp³-hybridized carbons (Fsp3) is 0.357. The van der Waals surface area contributed by atoms with Crippen molar-refractivity contribution >= 4 is 5.91 Å². The largest absolute Gasteiger partial charge is 0.391 e. The van der Waals surface area contributed by atoms with Crippen LogP contribution >= 0.6 is 0 Å². The van der Waals surface area contributed by atoms with Crippen LogP contribution in [-0.2, 0) is 0 Å². The molecule has 106 valence electrons. The Bertz CT molecular complexity index is 566. The third-order valence-electron chi connectivity index (χ3n) is 2.95. The molecule has 0 fully saturated rings. The molecule has 1 unspecified atom stereocenters. The second-order valence-corrected chi connectivity index (χ2v) is 4.88. The van der Waals surface area contributed by atoms with E-state index in [1.165, 1.54) is 11.0 Å². The highest BCUT2D eigenvalue weighted by Gasteiger charge is 2.14. The van der Waals surface area contributed by atoms with Gasteiger partial charge >= 0.3 is 0 Å². The number of hydrogen-bond donors (Lipinski definition) is 2. The maximum Gasteiger partial charge on any atom is 0.273 e. The van der Waals surface area contributed by atoms with E-state index in [0.29, 0.717) is 0 Å². The molecule has 1 aromatic heterocycles. The van der Waals surface area contributed by atoms with Gasteiger partial charge in [0.05, 0.1) is 18.0 Å².